The molecule has 1 aromatic heterocycles. The topological polar surface area (TPSA) is 54.0 Å². The summed E-state index contributed by atoms with van der Waals surface area (Å²) in [6.45, 7) is 6.88. The lowest BCUT2D eigenvalue weighted by atomic mass is 9.92. The quantitative estimate of drug-likeness (QED) is 0.903. The Morgan fingerprint density at radius 3 is 2.45 bits per heavy atom. The average molecular weight is 297 g/mol. The van der Waals surface area contributed by atoms with E-state index < -0.39 is 0 Å². The van der Waals surface area contributed by atoms with E-state index in [-0.39, 0.29) is 11.4 Å². The Hall–Kier alpha value is -2.36. The van der Waals surface area contributed by atoms with Crippen LogP contribution in [0.15, 0.2) is 48.5 Å². The molecule has 1 aromatic carbocycles. The van der Waals surface area contributed by atoms with Gasteiger partial charge in [0.15, 0.2) is 0 Å². The SMILES string of the molecule is CC(C)(C)c1cccc(NC(=O)NCCc2ccccc2)n1. The number of benzene rings is 1. The number of pyridine rings is 1. The Bertz CT molecular complexity index is 618. The van der Waals surface area contributed by atoms with Gasteiger partial charge in [-0.3, -0.25) is 5.32 Å². The number of amides is 2. The van der Waals surface area contributed by atoms with Crippen molar-refractivity contribution in [1.29, 1.82) is 0 Å². The summed E-state index contributed by atoms with van der Waals surface area (Å²) < 4.78 is 0. The van der Waals surface area contributed by atoms with Gasteiger partial charge in [-0.05, 0) is 24.1 Å². The smallest absolute Gasteiger partial charge is 0.320 e. The number of anilines is 1. The molecule has 0 spiro atoms. The van der Waals surface area contributed by atoms with Crippen LogP contribution in [0, 0.1) is 0 Å². The van der Waals surface area contributed by atoms with E-state index in [1.807, 2.05) is 42.5 Å². The van der Waals surface area contributed by atoms with Crippen LogP contribution in [0.25, 0.3) is 0 Å². The minimum atomic E-state index is -0.227. The summed E-state index contributed by atoms with van der Waals surface area (Å²) in [6.07, 6.45) is 0.809. The van der Waals surface area contributed by atoms with Crippen molar-refractivity contribution in [3.05, 3.63) is 59.8 Å². The molecule has 0 saturated carbocycles. The molecule has 0 aliphatic heterocycles. The number of hydrogen-bond acceptors (Lipinski definition) is 2. The third-order valence-electron chi connectivity index (χ3n) is 3.30. The van der Waals surface area contributed by atoms with Crippen LogP contribution in [0.2, 0.25) is 0 Å². The van der Waals surface area contributed by atoms with E-state index in [0.717, 1.165) is 12.1 Å². The van der Waals surface area contributed by atoms with Gasteiger partial charge >= 0.3 is 6.03 Å². The number of rotatable bonds is 4. The third kappa shape index (κ3) is 4.88. The zero-order chi connectivity index (χ0) is 16.0. The minimum Gasteiger partial charge on any atom is -0.337 e. The van der Waals surface area contributed by atoms with Gasteiger partial charge in [0.1, 0.15) is 5.82 Å². The first-order valence-corrected chi connectivity index (χ1v) is 7.51. The maximum Gasteiger partial charge on any atom is 0.320 e. The Labute approximate surface area is 132 Å². The van der Waals surface area contributed by atoms with Crippen molar-refractivity contribution in [3.8, 4) is 0 Å². The molecule has 4 heteroatoms. The van der Waals surface area contributed by atoms with Gasteiger partial charge in [-0.25, -0.2) is 9.78 Å². The molecular formula is C18H23N3O. The Morgan fingerprint density at radius 1 is 1.05 bits per heavy atom. The number of nitrogens with one attached hydrogen (secondary N) is 2. The molecule has 2 amide bonds. The fourth-order valence-electron chi connectivity index (χ4n) is 2.05. The van der Waals surface area contributed by atoms with E-state index in [1.54, 1.807) is 6.07 Å². The maximum atomic E-state index is 11.9. The van der Waals surface area contributed by atoms with E-state index in [1.165, 1.54) is 5.56 Å². The van der Waals surface area contributed by atoms with Gasteiger partial charge in [0.2, 0.25) is 0 Å². The standard InChI is InChI=1S/C18H23N3O/c1-18(2,3)15-10-7-11-16(20-15)21-17(22)19-13-12-14-8-5-4-6-9-14/h4-11H,12-13H2,1-3H3,(H2,19,20,21,22). The summed E-state index contributed by atoms with van der Waals surface area (Å²) in [5.41, 5.74) is 2.12. The van der Waals surface area contributed by atoms with Crippen LogP contribution in [0.1, 0.15) is 32.0 Å². The van der Waals surface area contributed by atoms with E-state index in [9.17, 15) is 4.79 Å². The lowest BCUT2D eigenvalue weighted by Gasteiger charge is -2.18. The monoisotopic (exact) mass is 297 g/mol. The van der Waals surface area contributed by atoms with Crippen LogP contribution in [-0.4, -0.2) is 17.6 Å². The Morgan fingerprint density at radius 2 is 1.77 bits per heavy atom. The molecule has 2 N–H and O–H groups in total. The maximum absolute atomic E-state index is 11.9. The molecule has 0 saturated heterocycles. The number of carbonyl (C=O) groups excluding carboxylic acids is 1. The van der Waals surface area contributed by atoms with E-state index in [2.05, 4.69) is 36.4 Å². The van der Waals surface area contributed by atoms with Crippen molar-refractivity contribution in [1.82, 2.24) is 10.3 Å². The number of hydrogen-bond donors (Lipinski definition) is 2. The first-order valence-electron chi connectivity index (χ1n) is 7.51. The highest BCUT2D eigenvalue weighted by Gasteiger charge is 2.15. The molecule has 0 atom stereocenters. The number of aromatic nitrogens is 1. The highest BCUT2D eigenvalue weighted by Crippen LogP contribution is 2.21. The van der Waals surface area contributed by atoms with Crippen molar-refractivity contribution in [3.63, 3.8) is 0 Å². The largest absolute Gasteiger partial charge is 0.337 e. The first kappa shape index (κ1) is 16.0. The second-order valence-corrected chi connectivity index (χ2v) is 6.27. The second-order valence-electron chi connectivity index (χ2n) is 6.27. The summed E-state index contributed by atoms with van der Waals surface area (Å²) in [6, 6.07) is 15.5. The molecule has 116 valence electrons. The summed E-state index contributed by atoms with van der Waals surface area (Å²) in [7, 11) is 0. The molecule has 2 aromatic rings. The van der Waals surface area contributed by atoms with Crippen LogP contribution in [0.5, 0.6) is 0 Å². The van der Waals surface area contributed by atoms with Gasteiger partial charge in [0.25, 0.3) is 0 Å². The van der Waals surface area contributed by atoms with Crippen LogP contribution in [0.3, 0.4) is 0 Å². The number of carbonyl (C=O) groups is 1. The van der Waals surface area contributed by atoms with Gasteiger partial charge < -0.3 is 5.32 Å². The Kier molecular flexibility index (Phi) is 5.15. The average Bonchev–Trinajstić information content (AvgIpc) is 2.48. The van der Waals surface area contributed by atoms with E-state index in [0.29, 0.717) is 12.4 Å². The van der Waals surface area contributed by atoms with Gasteiger partial charge in [0, 0.05) is 17.7 Å². The lowest BCUT2D eigenvalue weighted by Crippen LogP contribution is -2.31. The highest BCUT2D eigenvalue weighted by molar-refractivity contribution is 5.88. The number of urea groups is 1. The second kappa shape index (κ2) is 7.07. The highest BCUT2D eigenvalue weighted by atomic mass is 16.2. The number of nitrogens with zero attached hydrogens (tertiary/aromatic N) is 1. The lowest BCUT2D eigenvalue weighted by molar-refractivity contribution is 0.252. The van der Waals surface area contributed by atoms with E-state index >= 15 is 0 Å². The summed E-state index contributed by atoms with van der Waals surface area (Å²) in [4.78, 5) is 16.4. The van der Waals surface area contributed by atoms with Crippen molar-refractivity contribution in [2.45, 2.75) is 32.6 Å². The molecule has 0 aliphatic rings. The van der Waals surface area contributed by atoms with Gasteiger partial charge in [-0.2, -0.15) is 0 Å². The van der Waals surface area contributed by atoms with Crippen molar-refractivity contribution < 1.29 is 4.79 Å². The predicted molar refractivity (Wildman–Crippen MR) is 90.1 cm³/mol. The third-order valence-corrected chi connectivity index (χ3v) is 3.30. The van der Waals surface area contributed by atoms with Crippen LogP contribution in [0.4, 0.5) is 10.6 Å². The molecule has 0 bridgehead atoms. The van der Waals surface area contributed by atoms with Crippen molar-refractivity contribution in [2.24, 2.45) is 0 Å². The minimum absolute atomic E-state index is 0.0402. The summed E-state index contributed by atoms with van der Waals surface area (Å²) in [5, 5.41) is 5.63. The molecule has 2 rings (SSSR count). The van der Waals surface area contributed by atoms with Crippen LogP contribution < -0.4 is 10.6 Å². The zero-order valence-corrected chi connectivity index (χ0v) is 13.4. The fourth-order valence-corrected chi connectivity index (χ4v) is 2.05. The van der Waals surface area contributed by atoms with Crippen molar-refractivity contribution in [2.75, 3.05) is 11.9 Å². The molecule has 22 heavy (non-hydrogen) atoms. The summed E-state index contributed by atoms with van der Waals surface area (Å²) in [5.74, 6) is 0.574. The zero-order valence-electron chi connectivity index (χ0n) is 13.4. The predicted octanol–water partition coefficient (Wildman–Crippen LogP) is 3.74. The van der Waals surface area contributed by atoms with Crippen molar-refractivity contribution >= 4 is 11.8 Å². The Balaban J connectivity index is 1.84. The fraction of sp³-hybridized carbons (Fsp3) is 0.333. The molecular weight excluding hydrogens is 274 g/mol. The van der Waals surface area contributed by atoms with Crippen LogP contribution in [-0.2, 0) is 11.8 Å². The molecule has 4 nitrogen and oxygen atoms in total. The van der Waals surface area contributed by atoms with Gasteiger partial charge in [-0.1, -0.05) is 57.2 Å². The summed E-state index contributed by atoms with van der Waals surface area (Å²) >= 11 is 0. The molecule has 1 heterocycles. The molecule has 0 radical (unpaired) electrons. The van der Waals surface area contributed by atoms with Gasteiger partial charge in [0.05, 0.1) is 0 Å². The first-order chi connectivity index (χ1) is 10.4. The van der Waals surface area contributed by atoms with E-state index in [4.69, 9.17) is 0 Å². The molecule has 0 fully saturated rings. The van der Waals surface area contributed by atoms with Gasteiger partial charge in [-0.15, -0.1) is 0 Å². The molecule has 0 unspecified atom stereocenters. The van der Waals surface area contributed by atoms with Crippen LogP contribution >= 0.6 is 0 Å². The molecule has 0 aliphatic carbocycles. The normalized spacial score (nSPS) is 11.0.